The number of hydrogen-bond acceptors (Lipinski definition) is 3. The van der Waals surface area contributed by atoms with E-state index in [0.717, 1.165) is 0 Å². The Labute approximate surface area is 70.0 Å². The first-order chi connectivity index (χ1) is 5.52. The van der Waals surface area contributed by atoms with E-state index < -0.39 is 12.0 Å². The minimum Gasteiger partial charge on any atom is -0.480 e. The third kappa shape index (κ3) is 1.48. The molecule has 0 saturated carbocycles. The van der Waals surface area contributed by atoms with Crippen molar-refractivity contribution in [2.75, 3.05) is 0 Å². The van der Waals surface area contributed by atoms with E-state index in [2.05, 4.69) is 0 Å². The van der Waals surface area contributed by atoms with Crippen molar-refractivity contribution in [1.29, 1.82) is 0 Å². The van der Waals surface area contributed by atoms with E-state index in [-0.39, 0.29) is 0 Å². The van der Waals surface area contributed by atoms with Gasteiger partial charge >= 0.3 is 5.97 Å². The number of carbonyl (C=O) groups is 1. The van der Waals surface area contributed by atoms with E-state index in [1.807, 2.05) is 0 Å². The monoisotopic (exact) mass is 169 g/mol. The average molecular weight is 169 g/mol. The molecule has 0 unspecified atom stereocenters. The Bertz CT molecular complexity index is 303. The van der Waals surface area contributed by atoms with Gasteiger partial charge in [0, 0.05) is 5.56 Å². The first kappa shape index (κ1) is 8.80. The van der Waals surface area contributed by atoms with Gasteiger partial charge in [-0.15, -0.1) is 0 Å². The summed E-state index contributed by atoms with van der Waals surface area (Å²) in [6.45, 7) is 3.45. The minimum absolute atomic E-state index is 0.542. The van der Waals surface area contributed by atoms with Gasteiger partial charge in [-0.05, 0) is 19.9 Å². The van der Waals surface area contributed by atoms with Gasteiger partial charge in [-0.1, -0.05) is 0 Å². The second-order valence-corrected chi connectivity index (χ2v) is 2.68. The lowest BCUT2D eigenvalue weighted by Crippen LogP contribution is -2.20. The van der Waals surface area contributed by atoms with Crippen LogP contribution in [0, 0.1) is 13.8 Å². The van der Waals surface area contributed by atoms with Crippen molar-refractivity contribution >= 4 is 5.97 Å². The number of furan rings is 1. The quantitative estimate of drug-likeness (QED) is 0.691. The van der Waals surface area contributed by atoms with Crippen molar-refractivity contribution in [2.24, 2.45) is 5.73 Å². The highest BCUT2D eigenvalue weighted by Gasteiger charge is 2.19. The summed E-state index contributed by atoms with van der Waals surface area (Å²) in [5.74, 6) is 0.209. The number of aliphatic carboxylic acids is 1. The van der Waals surface area contributed by atoms with Crippen LogP contribution in [-0.4, -0.2) is 11.1 Å². The molecule has 0 spiro atoms. The fourth-order valence-electron chi connectivity index (χ4n) is 1.09. The summed E-state index contributed by atoms with van der Waals surface area (Å²) in [7, 11) is 0. The van der Waals surface area contributed by atoms with Crippen LogP contribution >= 0.6 is 0 Å². The van der Waals surface area contributed by atoms with E-state index in [9.17, 15) is 4.79 Å². The van der Waals surface area contributed by atoms with E-state index in [0.29, 0.717) is 17.1 Å². The number of rotatable bonds is 2. The van der Waals surface area contributed by atoms with E-state index in [1.165, 1.54) is 0 Å². The maximum atomic E-state index is 10.5. The van der Waals surface area contributed by atoms with Crippen LogP contribution < -0.4 is 5.73 Å². The van der Waals surface area contributed by atoms with E-state index >= 15 is 0 Å². The van der Waals surface area contributed by atoms with Crippen LogP contribution in [0.2, 0.25) is 0 Å². The second-order valence-electron chi connectivity index (χ2n) is 2.68. The Morgan fingerprint density at radius 2 is 2.25 bits per heavy atom. The van der Waals surface area contributed by atoms with Crippen molar-refractivity contribution in [2.45, 2.75) is 19.9 Å². The normalized spacial score (nSPS) is 12.9. The van der Waals surface area contributed by atoms with Crippen LogP contribution in [0.1, 0.15) is 23.1 Å². The second kappa shape index (κ2) is 2.98. The van der Waals surface area contributed by atoms with Crippen LogP contribution in [0.5, 0.6) is 0 Å². The molecule has 1 atom stereocenters. The maximum Gasteiger partial charge on any atom is 0.325 e. The van der Waals surface area contributed by atoms with Gasteiger partial charge in [-0.3, -0.25) is 4.79 Å². The fourth-order valence-corrected chi connectivity index (χ4v) is 1.09. The first-order valence-electron chi connectivity index (χ1n) is 3.57. The van der Waals surface area contributed by atoms with Gasteiger partial charge in [-0.25, -0.2) is 0 Å². The third-order valence-corrected chi connectivity index (χ3v) is 1.68. The molecule has 1 rings (SSSR count). The number of hydrogen-bond donors (Lipinski definition) is 2. The molecule has 0 aliphatic carbocycles. The summed E-state index contributed by atoms with van der Waals surface area (Å²) in [4.78, 5) is 10.5. The smallest absolute Gasteiger partial charge is 0.325 e. The molecule has 1 heterocycles. The molecule has 66 valence electrons. The molecule has 4 heteroatoms. The van der Waals surface area contributed by atoms with Gasteiger partial charge in [0.15, 0.2) is 0 Å². The SMILES string of the molecule is Cc1cc([C@@H](N)C(=O)O)c(C)o1. The number of nitrogens with two attached hydrogens (primary N) is 1. The molecule has 12 heavy (non-hydrogen) atoms. The zero-order valence-corrected chi connectivity index (χ0v) is 7.00. The summed E-state index contributed by atoms with van der Waals surface area (Å²) in [5.41, 5.74) is 5.93. The Morgan fingerprint density at radius 1 is 1.67 bits per heavy atom. The molecule has 0 aliphatic heterocycles. The van der Waals surface area contributed by atoms with Gasteiger partial charge in [0.25, 0.3) is 0 Å². The largest absolute Gasteiger partial charge is 0.480 e. The maximum absolute atomic E-state index is 10.5. The van der Waals surface area contributed by atoms with Gasteiger partial charge in [-0.2, -0.15) is 0 Å². The van der Waals surface area contributed by atoms with Crippen LogP contribution in [0.15, 0.2) is 10.5 Å². The summed E-state index contributed by atoms with van der Waals surface area (Å²) >= 11 is 0. The van der Waals surface area contributed by atoms with Gasteiger partial charge < -0.3 is 15.3 Å². The predicted octanol–water partition coefficient (Wildman–Crippen LogP) is 0.981. The van der Waals surface area contributed by atoms with Crippen LogP contribution in [0.4, 0.5) is 0 Å². The van der Waals surface area contributed by atoms with Crippen molar-refractivity contribution in [3.05, 3.63) is 23.2 Å². The lowest BCUT2D eigenvalue weighted by Gasteiger charge is -2.02. The highest BCUT2D eigenvalue weighted by atomic mass is 16.4. The minimum atomic E-state index is -1.04. The zero-order chi connectivity index (χ0) is 9.30. The summed E-state index contributed by atoms with van der Waals surface area (Å²) < 4.78 is 5.14. The van der Waals surface area contributed by atoms with Crippen molar-refractivity contribution in [3.8, 4) is 0 Å². The molecule has 0 amide bonds. The van der Waals surface area contributed by atoms with Crippen LogP contribution in [-0.2, 0) is 4.79 Å². The molecule has 0 bridgehead atoms. The Kier molecular flexibility index (Phi) is 2.19. The topological polar surface area (TPSA) is 76.5 Å². The predicted molar refractivity (Wildman–Crippen MR) is 42.7 cm³/mol. The molecular weight excluding hydrogens is 158 g/mol. The molecule has 0 radical (unpaired) electrons. The summed E-state index contributed by atoms with van der Waals surface area (Å²) in [5, 5.41) is 8.60. The average Bonchev–Trinajstić information content (AvgIpc) is 2.28. The number of aryl methyl sites for hydroxylation is 2. The molecule has 4 nitrogen and oxygen atoms in total. The highest BCUT2D eigenvalue weighted by molar-refractivity contribution is 5.75. The fraction of sp³-hybridized carbons (Fsp3) is 0.375. The van der Waals surface area contributed by atoms with Crippen LogP contribution in [0.3, 0.4) is 0 Å². The highest BCUT2D eigenvalue weighted by Crippen LogP contribution is 2.19. The van der Waals surface area contributed by atoms with E-state index in [4.69, 9.17) is 15.3 Å². The summed E-state index contributed by atoms with van der Waals surface area (Å²) in [6.07, 6.45) is 0. The van der Waals surface area contributed by atoms with Gasteiger partial charge in [0.1, 0.15) is 17.6 Å². The molecule has 0 saturated heterocycles. The summed E-state index contributed by atoms with van der Waals surface area (Å²) in [6, 6.07) is 0.663. The van der Waals surface area contributed by atoms with E-state index in [1.54, 1.807) is 19.9 Å². The molecule has 1 aromatic heterocycles. The molecule has 0 aromatic carbocycles. The van der Waals surface area contributed by atoms with Crippen LogP contribution in [0.25, 0.3) is 0 Å². The lowest BCUT2D eigenvalue weighted by molar-refractivity contribution is -0.138. The van der Waals surface area contributed by atoms with Gasteiger partial charge in [0.2, 0.25) is 0 Å². The molecule has 0 fully saturated rings. The standard InChI is InChI=1S/C8H11NO3/c1-4-3-6(5(2)12-4)7(9)8(10)11/h3,7H,9H2,1-2H3,(H,10,11)/t7-/m1/s1. The zero-order valence-electron chi connectivity index (χ0n) is 7.00. The van der Waals surface area contributed by atoms with Crippen molar-refractivity contribution in [3.63, 3.8) is 0 Å². The third-order valence-electron chi connectivity index (χ3n) is 1.68. The first-order valence-corrected chi connectivity index (χ1v) is 3.57. The van der Waals surface area contributed by atoms with Gasteiger partial charge in [0.05, 0.1) is 0 Å². The molecule has 1 aromatic rings. The number of carboxylic acids is 1. The molecule has 0 aliphatic rings. The Morgan fingerprint density at radius 3 is 2.58 bits per heavy atom. The van der Waals surface area contributed by atoms with Crippen molar-refractivity contribution < 1.29 is 14.3 Å². The molecule has 3 N–H and O–H groups in total. The van der Waals surface area contributed by atoms with Crippen molar-refractivity contribution in [1.82, 2.24) is 0 Å². The molecular formula is C8H11NO3. The Hall–Kier alpha value is -1.29. The number of carboxylic acid groups (broad SMARTS) is 1. The Balaban J connectivity index is 3.02. The lowest BCUT2D eigenvalue weighted by atomic mass is 10.1.